The molecule has 0 spiro atoms. The Kier molecular flexibility index (Phi) is 4.38. The molecule has 0 radical (unpaired) electrons. The van der Waals surface area contributed by atoms with Crippen molar-refractivity contribution in [2.75, 3.05) is 0 Å². The minimum absolute atomic E-state index is 1.11. The molecule has 92 valence electrons. The summed E-state index contributed by atoms with van der Waals surface area (Å²) in [6.07, 6.45) is 4.23. The van der Waals surface area contributed by atoms with Crippen molar-refractivity contribution in [3.05, 3.63) is 64.6 Å². The summed E-state index contributed by atoms with van der Waals surface area (Å²) in [5, 5.41) is 0. The lowest BCUT2D eigenvalue weighted by Crippen LogP contribution is -1.89. The molecule has 2 rings (SSSR count). The molecule has 0 unspecified atom stereocenters. The average molecular weight is 301 g/mol. The molecule has 18 heavy (non-hydrogen) atoms. The van der Waals surface area contributed by atoms with Crippen molar-refractivity contribution in [3.8, 4) is 11.1 Å². The molecule has 0 amide bonds. The monoisotopic (exact) mass is 300 g/mol. The molecule has 0 aromatic heterocycles. The Hall–Kier alpha value is -1.34. The number of hydrogen-bond donors (Lipinski definition) is 0. The van der Waals surface area contributed by atoms with Crippen LogP contribution in [0.1, 0.15) is 24.5 Å². The van der Waals surface area contributed by atoms with E-state index in [9.17, 15) is 0 Å². The van der Waals surface area contributed by atoms with Crippen LogP contribution in [0.4, 0.5) is 0 Å². The molecular formula is C17H17Br. The Bertz CT molecular complexity index is 555. The van der Waals surface area contributed by atoms with E-state index < -0.39 is 0 Å². The minimum atomic E-state index is 1.11. The topological polar surface area (TPSA) is 0 Å². The zero-order chi connectivity index (χ0) is 13.0. The highest BCUT2D eigenvalue weighted by molar-refractivity contribution is 9.10. The fraction of sp³-hybridized carbons (Fsp3) is 0.176. The zero-order valence-electron chi connectivity index (χ0n) is 10.6. The molecule has 2 aromatic rings. The van der Waals surface area contributed by atoms with Gasteiger partial charge in [0.05, 0.1) is 0 Å². The van der Waals surface area contributed by atoms with Gasteiger partial charge in [0.1, 0.15) is 0 Å². The van der Waals surface area contributed by atoms with Gasteiger partial charge in [-0.25, -0.2) is 0 Å². The lowest BCUT2D eigenvalue weighted by Gasteiger charge is -2.09. The van der Waals surface area contributed by atoms with Gasteiger partial charge in [-0.2, -0.15) is 0 Å². The van der Waals surface area contributed by atoms with Crippen LogP contribution in [0.2, 0.25) is 0 Å². The molecule has 0 aliphatic rings. The van der Waals surface area contributed by atoms with Gasteiger partial charge in [0.15, 0.2) is 0 Å². The van der Waals surface area contributed by atoms with Crippen molar-refractivity contribution in [1.82, 2.24) is 0 Å². The van der Waals surface area contributed by atoms with E-state index >= 15 is 0 Å². The molecule has 0 bridgehead atoms. The van der Waals surface area contributed by atoms with Gasteiger partial charge in [-0.3, -0.25) is 0 Å². The number of rotatable bonds is 4. The standard InChI is InChI=1S/C17H17Br/c1-3-6-14-9-10-16(11-13(14)4-2)15-7-5-8-17(18)12-15/h4-5,7-12H,2-3,6H2,1H3. The number of aryl methyl sites for hydroxylation is 1. The van der Waals surface area contributed by atoms with Gasteiger partial charge in [0.25, 0.3) is 0 Å². The fourth-order valence-electron chi connectivity index (χ4n) is 2.13. The summed E-state index contributed by atoms with van der Waals surface area (Å²) >= 11 is 3.51. The van der Waals surface area contributed by atoms with Gasteiger partial charge in [-0.15, -0.1) is 0 Å². The predicted molar refractivity (Wildman–Crippen MR) is 83.7 cm³/mol. The Labute approximate surface area is 117 Å². The lowest BCUT2D eigenvalue weighted by molar-refractivity contribution is 0.920. The van der Waals surface area contributed by atoms with Crippen LogP contribution < -0.4 is 0 Å². The average Bonchev–Trinajstić information content (AvgIpc) is 2.39. The third-order valence-corrected chi connectivity index (χ3v) is 3.54. The van der Waals surface area contributed by atoms with E-state index in [-0.39, 0.29) is 0 Å². The predicted octanol–water partition coefficient (Wildman–Crippen LogP) is 5.71. The number of benzene rings is 2. The molecule has 0 fully saturated rings. The molecule has 0 aliphatic heterocycles. The maximum Gasteiger partial charge on any atom is 0.0181 e. The molecule has 0 saturated carbocycles. The molecule has 0 N–H and O–H groups in total. The summed E-state index contributed by atoms with van der Waals surface area (Å²) < 4.78 is 1.11. The maximum atomic E-state index is 3.92. The van der Waals surface area contributed by atoms with Gasteiger partial charge >= 0.3 is 0 Å². The SMILES string of the molecule is C=Cc1cc(-c2cccc(Br)c2)ccc1CCC. The van der Waals surface area contributed by atoms with Gasteiger partial charge in [-0.05, 0) is 46.9 Å². The Morgan fingerprint density at radius 1 is 1.11 bits per heavy atom. The molecule has 0 atom stereocenters. The van der Waals surface area contributed by atoms with Crippen molar-refractivity contribution in [2.24, 2.45) is 0 Å². The van der Waals surface area contributed by atoms with Crippen LogP contribution >= 0.6 is 15.9 Å². The molecule has 1 heteroatoms. The third kappa shape index (κ3) is 2.91. The van der Waals surface area contributed by atoms with Crippen LogP contribution in [0.5, 0.6) is 0 Å². The van der Waals surface area contributed by atoms with Gasteiger partial charge < -0.3 is 0 Å². The summed E-state index contributed by atoms with van der Waals surface area (Å²) in [4.78, 5) is 0. The van der Waals surface area contributed by atoms with Crippen molar-refractivity contribution in [3.63, 3.8) is 0 Å². The molecule has 2 aromatic carbocycles. The second-order valence-electron chi connectivity index (χ2n) is 4.38. The molecular weight excluding hydrogens is 284 g/mol. The summed E-state index contributed by atoms with van der Waals surface area (Å²) in [6.45, 7) is 6.12. The van der Waals surface area contributed by atoms with Crippen LogP contribution in [0.3, 0.4) is 0 Å². The summed E-state index contributed by atoms with van der Waals surface area (Å²) in [5.41, 5.74) is 5.10. The van der Waals surface area contributed by atoms with Crippen molar-refractivity contribution < 1.29 is 0 Å². The van der Waals surface area contributed by atoms with Crippen molar-refractivity contribution in [1.29, 1.82) is 0 Å². The fourth-order valence-corrected chi connectivity index (χ4v) is 2.53. The molecule has 0 nitrogen and oxygen atoms in total. The zero-order valence-corrected chi connectivity index (χ0v) is 12.2. The third-order valence-electron chi connectivity index (χ3n) is 3.04. The highest BCUT2D eigenvalue weighted by Crippen LogP contribution is 2.26. The van der Waals surface area contributed by atoms with Crippen LogP contribution in [0.15, 0.2) is 53.5 Å². The largest absolute Gasteiger partial charge is 0.0985 e. The summed E-state index contributed by atoms with van der Waals surface area (Å²) in [6, 6.07) is 15.0. The molecule has 0 aliphatic carbocycles. The van der Waals surface area contributed by atoms with Crippen molar-refractivity contribution >= 4 is 22.0 Å². The smallest absolute Gasteiger partial charge is 0.0181 e. The van der Waals surface area contributed by atoms with E-state index in [1.165, 1.54) is 22.3 Å². The van der Waals surface area contributed by atoms with Gasteiger partial charge in [0.2, 0.25) is 0 Å². The van der Waals surface area contributed by atoms with E-state index in [0.29, 0.717) is 0 Å². The maximum absolute atomic E-state index is 3.92. The highest BCUT2D eigenvalue weighted by Gasteiger charge is 2.03. The van der Waals surface area contributed by atoms with Crippen LogP contribution in [-0.4, -0.2) is 0 Å². The first-order valence-electron chi connectivity index (χ1n) is 6.26. The number of hydrogen-bond acceptors (Lipinski definition) is 0. The van der Waals surface area contributed by atoms with Crippen LogP contribution in [0.25, 0.3) is 17.2 Å². The van der Waals surface area contributed by atoms with E-state index in [2.05, 4.69) is 65.8 Å². The van der Waals surface area contributed by atoms with Crippen LogP contribution in [-0.2, 0) is 6.42 Å². The highest BCUT2D eigenvalue weighted by atomic mass is 79.9. The van der Waals surface area contributed by atoms with Crippen molar-refractivity contribution in [2.45, 2.75) is 19.8 Å². The Morgan fingerprint density at radius 2 is 1.89 bits per heavy atom. The first-order chi connectivity index (χ1) is 8.74. The first-order valence-corrected chi connectivity index (χ1v) is 7.05. The Morgan fingerprint density at radius 3 is 2.56 bits per heavy atom. The first kappa shape index (κ1) is 13.1. The summed E-state index contributed by atoms with van der Waals surface area (Å²) in [5.74, 6) is 0. The van der Waals surface area contributed by atoms with Gasteiger partial charge in [0, 0.05) is 4.47 Å². The van der Waals surface area contributed by atoms with E-state index in [1.807, 2.05) is 12.1 Å². The number of halogens is 1. The van der Waals surface area contributed by atoms with Crippen LogP contribution in [0, 0.1) is 0 Å². The lowest BCUT2D eigenvalue weighted by atomic mass is 9.97. The summed E-state index contributed by atoms with van der Waals surface area (Å²) in [7, 11) is 0. The quantitative estimate of drug-likeness (QED) is 0.678. The van der Waals surface area contributed by atoms with E-state index in [4.69, 9.17) is 0 Å². The second-order valence-corrected chi connectivity index (χ2v) is 5.29. The Balaban J connectivity index is 2.44. The molecule has 0 saturated heterocycles. The van der Waals surface area contributed by atoms with Gasteiger partial charge in [-0.1, -0.05) is 66.2 Å². The van der Waals surface area contributed by atoms with E-state index in [0.717, 1.165) is 17.3 Å². The normalized spacial score (nSPS) is 10.3. The minimum Gasteiger partial charge on any atom is -0.0985 e. The van der Waals surface area contributed by atoms with E-state index in [1.54, 1.807) is 0 Å². The second kappa shape index (κ2) is 6.01. The molecule has 0 heterocycles.